The molecule has 0 aromatic heterocycles. The molecule has 6 nitrogen and oxygen atoms in total. The molecular formula is C54H88O6. The normalized spacial score (nSPS) is 12.9. The van der Waals surface area contributed by atoms with Crippen molar-refractivity contribution in [3.63, 3.8) is 0 Å². The second kappa shape index (κ2) is 48.0. The fourth-order valence-corrected chi connectivity index (χ4v) is 6.40. The second-order valence-electron chi connectivity index (χ2n) is 15.8. The average Bonchev–Trinajstić information content (AvgIpc) is 3.24. The summed E-state index contributed by atoms with van der Waals surface area (Å²) in [6.45, 7) is 6.28. The highest BCUT2D eigenvalue weighted by Gasteiger charge is 2.19. The molecule has 60 heavy (non-hydrogen) atoms. The number of rotatable bonds is 42. The standard InChI is InChI=1S/C54H88O6/c1-4-7-10-13-16-19-22-25-26-27-30-32-35-38-41-44-47-53(56)59-50-51(60-54(57)48-45-42-39-36-33-29-24-21-18-15-12-9-6-3)49-58-52(55)46-43-40-37-34-31-28-23-20-17-14-11-8-5-2/h8-9,11-12,14-15,17-18,20-21,23-24,28-29,31,33,51H,4-7,10,13,16,19,22,25-27,30,32,34-50H2,1-3H3/b11-8+,12-9+,17-14+,18-15+,23-20+,24-21+,31-28+,33-29+. The van der Waals surface area contributed by atoms with Gasteiger partial charge in [-0.05, 0) is 57.8 Å². The largest absolute Gasteiger partial charge is 0.462 e. The van der Waals surface area contributed by atoms with Gasteiger partial charge in [0.25, 0.3) is 0 Å². The van der Waals surface area contributed by atoms with Gasteiger partial charge in [0, 0.05) is 19.3 Å². The minimum atomic E-state index is -0.812. The van der Waals surface area contributed by atoms with Gasteiger partial charge in [0.1, 0.15) is 13.2 Å². The van der Waals surface area contributed by atoms with E-state index in [1.807, 2.05) is 72.9 Å². The predicted molar refractivity (Wildman–Crippen MR) is 256 cm³/mol. The second-order valence-corrected chi connectivity index (χ2v) is 15.8. The molecule has 340 valence electrons. The first kappa shape index (κ1) is 56.3. The zero-order chi connectivity index (χ0) is 43.7. The van der Waals surface area contributed by atoms with Crippen LogP contribution in [0.25, 0.3) is 0 Å². The van der Waals surface area contributed by atoms with E-state index in [9.17, 15) is 14.4 Å². The highest BCUT2D eigenvalue weighted by atomic mass is 16.6. The van der Waals surface area contributed by atoms with Crippen LogP contribution < -0.4 is 0 Å². The highest BCUT2D eigenvalue weighted by Crippen LogP contribution is 2.15. The summed E-state index contributed by atoms with van der Waals surface area (Å²) in [6.07, 6.45) is 62.5. The number of carbonyl (C=O) groups excluding carboxylic acids is 3. The fourth-order valence-electron chi connectivity index (χ4n) is 6.40. The van der Waals surface area contributed by atoms with Crippen LogP contribution in [0.2, 0.25) is 0 Å². The molecule has 0 aromatic rings. The molecule has 1 atom stereocenters. The van der Waals surface area contributed by atoms with Crippen LogP contribution in [0.15, 0.2) is 97.2 Å². The molecule has 0 amide bonds. The van der Waals surface area contributed by atoms with E-state index < -0.39 is 6.10 Å². The lowest BCUT2D eigenvalue weighted by molar-refractivity contribution is -0.167. The molecule has 0 spiro atoms. The molecule has 6 heteroatoms. The van der Waals surface area contributed by atoms with Gasteiger partial charge in [-0.1, -0.05) is 227 Å². The number of hydrogen-bond donors (Lipinski definition) is 0. The zero-order valence-corrected chi connectivity index (χ0v) is 38.7. The maximum atomic E-state index is 12.7. The van der Waals surface area contributed by atoms with Gasteiger partial charge in [-0.15, -0.1) is 0 Å². The van der Waals surface area contributed by atoms with E-state index in [1.54, 1.807) is 0 Å². The van der Waals surface area contributed by atoms with Crippen molar-refractivity contribution in [2.45, 2.75) is 213 Å². The maximum absolute atomic E-state index is 12.7. The van der Waals surface area contributed by atoms with Gasteiger partial charge in [-0.25, -0.2) is 0 Å². The molecule has 0 bridgehead atoms. The lowest BCUT2D eigenvalue weighted by Gasteiger charge is -2.18. The van der Waals surface area contributed by atoms with Crippen molar-refractivity contribution in [1.82, 2.24) is 0 Å². The summed E-state index contributed by atoms with van der Waals surface area (Å²) in [5.41, 5.74) is 0. The van der Waals surface area contributed by atoms with Crippen LogP contribution in [0.4, 0.5) is 0 Å². The van der Waals surface area contributed by atoms with Crippen molar-refractivity contribution in [3.05, 3.63) is 97.2 Å². The molecule has 0 aliphatic heterocycles. The fraction of sp³-hybridized carbons (Fsp3) is 0.648. The quantitative estimate of drug-likeness (QED) is 0.0264. The van der Waals surface area contributed by atoms with Crippen molar-refractivity contribution in [1.29, 1.82) is 0 Å². The van der Waals surface area contributed by atoms with E-state index in [1.165, 1.54) is 83.5 Å². The summed E-state index contributed by atoms with van der Waals surface area (Å²) >= 11 is 0. The highest BCUT2D eigenvalue weighted by molar-refractivity contribution is 5.71. The van der Waals surface area contributed by atoms with Crippen molar-refractivity contribution in [3.8, 4) is 0 Å². The molecule has 0 aliphatic carbocycles. The van der Waals surface area contributed by atoms with Crippen LogP contribution in [0.3, 0.4) is 0 Å². The predicted octanol–water partition coefficient (Wildman–Crippen LogP) is 15.8. The Kier molecular flexibility index (Phi) is 45.1. The first-order valence-corrected chi connectivity index (χ1v) is 24.3. The molecule has 0 saturated carbocycles. The molecule has 0 fully saturated rings. The summed E-state index contributed by atoms with van der Waals surface area (Å²) in [5, 5.41) is 0. The van der Waals surface area contributed by atoms with E-state index in [-0.39, 0.29) is 37.5 Å². The first-order chi connectivity index (χ1) is 29.5. The van der Waals surface area contributed by atoms with Crippen LogP contribution in [0, 0.1) is 0 Å². The summed E-state index contributed by atoms with van der Waals surface area (Å²) in [4.78, 5) is 37.9. The van der Waals surface area contributed by atoms with Gasteiger partial charge in [0.05, 0.1) is 0 Å². The van der Waals surface area contributed by atoms with Crippen molar-refractivity contribution >= 4 is 17.9 Å². The number of carbonyl (C=O) groups is 3. The van der Waals surface area contributed by atoms with Crippen LogP contribution >= 0.6 is 0 Å². The maximum Gasteiger partial charge on any atom is 0.306 e. The first-order valence-electron chi connectivity index (χ1n) is 24.3. The van der Waals surface area contributed by atoms with Gasteiger partial charge < -0.3 is 14.2 Å². The molecular weight excluding hydrogens is 745 g/mol. The summed E-state index contributed by atoms with van der Waals surface area (Å²) in [5.74, 6) is -0.991. The molecule has 0 aliphatic rings. The SMILES string of the molecule is CC/C=C/C=C/C=C/C=C/CCCCCC(=O)OCC(COC(=O)CCCCCCCCCCCCCCCCCC)OC(=O)CCCCC/C=C/C=C/C=C/C=C/CC. The molecule has 0 heterocycles. The lowest BCUT2D eigenvalue weighted by Crippen LogP contribution is -2.30. The van der Waals surface area contributed by atoms with Crippen LogP contribution in [-0.2, 0) is 28.6 Å². The van der Waals surface area contributed by atoms with Gasteiger partial charge in [0.15, 0.2) is 6.10 Å². The number of unbranched alkanes of at least 4 members (excludes halogenated alkanes) is 21. The average molecular weight is 833 g/mol. The van der Waals surface area contributed by atoms with E-state index >= 15 is 0 Å². The number of allylic oxidation sites excluding steroid dienone is 16. The van der Waals surface area contributed by atoms with Crippen LogP contribution in [-0.4, -0.2) is 37.2 Å². The Balaban J connectivity index is 4.48. The van der Waals surface area contributed by atoms with Crippen LogP contribution in [0.5, 0.6) is 0 Å². The minimum absolute atomic E-state index is 0.106. The van der Waals surface area contributed by atoms with E-state index in [2.05, 4.69) is 45.1 Å². The summed E-state index contributed by atoms with van der Waals surface area (Å²) in [7, 11) is 0. The minimum Gasteiger partial charge on any atom is -0.462 e. The zero-order valence-electron chi connectivity index (χ0n) is 38.7. The Morgan fingerprint density at radius 3 is 1.02 bits per heavy atom. The molecule has 0 aromatic carbocycles. The third-order valence-corrected chi connectivity index (χ3v) is 10.0. The topological polar surface area (TPSA) is 78.9 Å². The Labute approximate surface area is 368 Å². The van der Waals surface area contributed by atoms with Gasteiger partial charge in [-0.2, -0.15) is 0 Å². The molecule has 0 rings (SSSR count). The molecule has 0 saturated heterocycles. The molecule has 1 unspecified atom stereocenters. The van der Waals surface area contributed by atoms with E-state index in [4.69, 9.17) is 14.2 Å². The van der Waals surface area contributed by atoms with Gasteiger partial charge in [0.2, 0.25) is 0 Å². The Hall–Kier alpha value is -3.67. The smallest absolute Gasteiger partial charge is 0.306 e. The lowest BCUT2D eigenvalue weighted by atomic mass is 10.0. The Morgan fingerprint density at radius 1 is 0.350 bits per heavy atom. The monoisotopic (exact) mass is 833 g/mol. The van der Waals surface area contributed by atoms with E-state index in [0.717, 1.165) is 77.0 Å². The van der Waals surface area contributed by atoms with Gasteiger partial charge in [-0.3, -0.25) is 14.4 Å². The van der Waals surface area contributed by atoms with E-state index in [0.29, 0.717) is 19.3 Å². The van der Waals surface area contributed by atoms with Crippen molar-refractivity contribution in [2.75, 3.05) is 13.2 Å². The molecule has 0 N–H and O–H groups in total. The molecule has 0 radical (unpaired) electrons. The van der Waals surface area contributed by atoms with Gasteiger partial charge >= 0.3 is 17.9 Å². The number of esters is 3. The van der Waals surface area contributed by atoms with Crippen molar-refractivity contribution in [2.24, 2.45) is 0 Å². The third-order valence-electron chi connectivity index (χ3n) is 10.0. The number of ether oxygens (including phenoxy) is 3. The summed E-state index contributed by atoms with van der Waals surface area (Å²) in [6, 6.07) is 0. The van der Waals surface area contributed by atoms with Crippen LogP contribution in [0.1, 0.15) is 207 Å². The summed E-state index contributed by atoms with van der Waals surface area (Å²) < 4.78 is 16.7. The number of hydrogen-bond acceptors (Lipinski definition) is 6. The van der Waals surface area contributed by atoms with Crippen molar-refractivity contribution < 1.29 is 28.6 Å². The third kappa shape index (κ3) is 45.4. The Morgan fingerprint density at radius 2 is 0.650 bits per heavy atom. The Bertz CT molecular complexity index is 1230.